The summed E-state index contributed by atoms with van der Waals surface area (Å²) in [6.07, 6.45) is 0.716. The first-order valence-electron chi connectivity index (χ1n) is 12.9. The molecular weight excluding hydrogens is 494 g/mol. The van der Waals surface area contributed by atoms with E-state index in [2.05, 4.69) is 51.3 Å². The van der Waals surface area contributed by atoms with Crippen molar-refractivity contribution < 1.29 is 23.4 Å². The normalized spacial score (nSPS) is 13.0. The van der Waals surface area contributed by atoms with Gasteiger partial charge in [0.2, 0.25) is 6.41 Å². The fraction of sp³-hybridized carbons (Fsp3) is 0.387. The van der Waals surface area contributed by atoms with Gasteiger partial charge in [-0.2, -0.15) is 0 Å². The van der Waals surface area contributed by atoms with E-state index < -0.39 is 13.9 Å². The minimum Gasteiger partial charge on any atom is -0.497 e. The lowest BCUT2D eigenvalue weighted by atomic mass is 9.80. The van der Waals surface area contributed by atoms with E-state index in [1.807, 2.05) is 66.7 Å². The smallest absolute Gasteiger partial charge is 0.207 e. The summed E-state index contributed by atoms with van der Waals surface area (Å²) >= 11 is 0. The molecule has 1 unspecified atom stereocenters. The Bertz CT molecular complexity index is 1090. The second-order valence-electron chi connectivity index (χ2n) is 10.9. The molecule has 0 aliphatic heterocycles. The lowest BCUT2D eigenvalue weighted by Gasteiger charge is -2.39. The zero-order valence-electron chi connectivity index (χ0n) is 23.6. The molecule has 0 aromatic heterocycles. The van der Waals surface area contributed by atoms with Crippen LogP contribution in [0.3, 0.4) is 0 Å². The van der Waals surface area contributed by atoms with Crippen molar-refractivity contribution in [2.24, 2.45) is 0 Å². The number of rotatable bonds is 13. The maximum atomic E-state index is 11.6. The van der Waals surface area contributed by atoms with Crippen molar-refractivity contribution in [1.82, 2.24) is 5.32 Å². The first-order valence-corrected chi connectivity index (χ1v) is 15.8. The molecule has 3 aromatic rings. The molecule has 3 aromatic carbocycles. The van der Waals surface area contributed by atoms with Crippen molar-refractivity contribution in [2.75, 3.05) is 27.4 Å². The van der Waals surface area contributed by atoms with Gasteiger partial charge in [0, 0.05) is 0 Å². The van der Waals surface area contributed by atoms with Crippen molar-refractivity contribution >= 4 is 14.7 Å². The van der Waals surface area contributed by atoms with Crippen molar-refractivity contribution in [3.8, 4) is 11.5 Å². The molecular formula is C31H41NO5Si. The highest BCUT2D eigenvalue weighted by Gasteiger charge is 2.40. The third-order valence-corrected chi connectivity index (χ3v) is 11.9. The summed E-state index contributed by atoms with van der Waals surface area (Å²) in [5.41, 5.74) is 1.87. The fourth-order valence-electron chi connectivity index (χ4n) is 4.07. The number of amides is 1. The zero-order valence-corrected chi connectivity index (χ0v) is 24.6. The van der Waals surface area contributed by atoms with Gasteiger partial charge in [-0.25, -0.2) is 0 Å². The molecule has 0 spiro atoms. The number of carbonyl (C=O) groups is 1. The van der Waals surface area contributed by atoms with Crippen molar-refractivity contribution in [2.45, 2.75) is 50.5 Å². The molecule has 0 aliphatic rings. The van der Waals surface area contributed by atoms with Gasteiger partial charge in [-0.3, -0.25) is 4.79 Å². The second-order valence-corrected chi connectivity index (χ2v) is 15.7. The number of nitrogens with one attached hydrogen (secondary N) is 1. The fourth-order valence-corrected chi connectivity index (χ4v) is 5.12. The van der Waals surface area contributed by atoms with Crippen LogP contribution in [0.2, 0.25) is 18.1 Å². The summed E-state index contributed by atoms with van der Waals surface area (Å²) in [6, 6.07) is 25.6. The molecule has 0 heterocycles. The molecule has 0 saturated carbocycles. The third-order valence-electron chi connectivity index (χ3n) is 7.43. The van der Waals surface area contributed by atoms with Crippen LogP contribution in [0.15, 0.2) is 78.9 Å². The van der Waals surface area contributed by atoms with Crippen LogP contribution >= 0.6 is 0 Å². The molecule has 0 fully saturated rings. The maximum Gasteiger partial charge on any atom is 0.207 e. The summed E-state index contributed by atoms with van der Waals surface area (Å²) in [7, 11) is 1.28. The van der Waals surface area contributed by atoms with E-state index in [9.17, 15) is 4.79 Å². The number of hydrogen-bond acceptors (Lipinski definition) is 5. The average Bonchev–Trinajstić information content (AvgIpc) is 2.92. The lowest BCUT2D eigenvalue weighted by molar-refractivity contribution is -0.111. The molecule has 38 heavy (non-hydrogen) atoms. The Morgan fingerprint density at radius 3 is 1.66 bits per heavy atom. The van der Waals surface area contributed by atoms with E-state index in [0.29, 0.717) is 13.0 Å². The highest BCUT2D eigenvalue weighted by atomic mass is 28.4. The third kappa shape index (κ3) is 6.65. The summed E-state index contributed by atoms with van der Waals surface area (Å²) < 4.78 is 24.2. The second kappa shape index (κ2) is 12.6. The predicted molar refractivity (Wildman–Crippen MR) is 154 cm³/mol. The SMILES string of the molecule is COc1ccc(C(OCC(CO[Si](C)(C)C(C)(C)C)NC=O)(c2ccccc2)c2ccc(OC)cc2)cc1. The van der Waals surface area contributed by atoms with Gasteiger partial charge in [0.15, 0.2) is 8.32 Å². The predicted octanol–water partition coefficient (Wildman–Crippen LogP) is 6.15. The Morgan fingerprint density at radius 2 is 1.24 bits per heavy atom. The molecule has 1 amide bonds. The molecule has 0 radical (unpaired) electrons. The topological polar surface area (TPSA) is 66.0 Å². The average molecular weight is 536 g/mol. The monoisotopic (exact) mass is 535 g/mol. The highest BCUT2D eigenvalue weighted by molar-refractivity contribution is 6.74. The van der Waals surface area contributed by atoms with Gasteiger partial charge in [-0.1, -0.05) is 75.4 Å². The summed E-state index contributed by atoms with van der Waals surface area (Å²) in [4.78, 5) is 11.6. The van der Waals surface area contributed by atoms with E-state index in [0.717, 1.165) is 28.2 Å². The lowest BCUT2D eigenvalue weighted by Crippen LogP contribution is -2.47. The van der Waals surface area contributed by atoms with Crippen LogP contribution in [-0.2, 0) is 19.6 Å². The molecule has 0 saturated heterocycles. The summed E-state index contributed by atoms with van der Waals surface area (Å²) in [6.45, 7) is 11.6. The Morgan fingerprint density at radius 1 is 0.763 bits per heavy atom. The van der Waals surface area contributed by atoms with E-state index >= 15 is 0 Å². The molecule has 204 valence electrons. The van der Waals surface area contributed by atoms with Crippen LogP contribution in [-0.4, -0.2) is 48.2 Å². The van der Waals surface area contributed by atoms with Gasteiger partial charge < -0.3 is 24.0 Å². The molecule has 3 rings (SSSR count). The maximum absolute atomic E-state index is 11.6. The molecule has 6 nitrogen and oxygen atoms in total. The van der Waals surface area contributed by atoms with Gasteiger partial charge in [-0.15, -0.1) is 0 Å². The number of hydrogen-bond donors (Lipinski definition) is 1. The molecule has 0 aliphatic carbocycles. The van der Waals surface area contributed by atoms with Crippen molar-refractivity contribution in [3.63, 3.8) is 0 Å². The first-order chi connectivity index (χ1) is 18.1. The quantitative estimate of drug-likeness (QED) is 0.162. The molecule has 1 N–H and O–H groups in total. The van der Waals surface area contributed by atoms with Crippen LogP contribution in [0.5, 0.6) is 11.5 Å². The molecule has 0 bridgehead atoms. The Balaban J connectivity index is 2.07. The van der Waals surface area contributed by atoms with Crippen LogP contribution in [0.25, 0.3) is 0 Å². The number of methoxy groups -OCH3 is 2. The summed E-state index contributed by atoms with van der Waals surface area (Å²) in [5, 5.41) is 2.98. The van der Waals surface area contributed by atoms with Crippen molar-refractivity contribution in [1.29, 1.82) is 0 Å². The van der Waals surface area contributed by atoms with Crippen LogP contribution in [0, 0.1) is 0 Å². The van der Waals surface area contributed by atoms with E-state index in [4.69, 9.17) is 18.6 Å². The van der Waals surface area contributed by atoms with Crippen LogP contribution in [0.1, 0.15) is 37.5 Å². The standard InChI is InChI=1S/C31H41NO5Si/c1-30(2,3)38(6,7)37-22-27(32-23-33)21-36-31(24-11-9-8-10-12-24,25-13-17-28(34-4)18-14-25)26-15-19-29(35-5)20-16-26/h8-20,23,27H,21-22H2,1-7H3,(H,32,33). The van der Waals surface area contributed by atoms with Gasteiger partial charge in [-0.05, 0) is 59.1 Å². The van der Waals surface area contributed by atoms with Gasteiger partial charge in [0.25, 0.3) is 0 Å². The summed E-state index contributed by atoms with van der Waals surface area (Å²) in [5.74, 6) is 1.52. The Labute approximate surface area is 228 Å². The first kappa shape index (κ1) is 29.4. The minimum absolute atomic E-state index is 0.0551. The van der Waals surface area contributed by atoms with Gasteiger partial charge in [0.1, 0.15) is 17.1 Å². The van der Waals surface area contributed by atoms with Gasteiger partial charge >= 0.3 is 0 Å². The highest BCUT2D eigenvalue weighted by Crippen LogP contribution is 2.42. The Kier molecular flexibility index (Phi) is 9.76. The number of benzene rings is 3. The van der Waals surface area contributed by atoms with E-state index in [1.165, 1.54) is 0 Å². The molecule has 7 heteroatoms. The van der Waals surface area contributed by atoms with Crippen molar-refractivity contribution in [3.05, 3.63) is 95.6 Å². The zero-order chi connectivity index (χ0) is 27.8. The van der Waals surface area contributed by atoms with E-state index in [-0.39, 0.29) is 17.7 Å². The molecule has 1 atom stereocenters. The number of carbonyl (C=O) groups excluding carboxylic acids is 1. The number of ether oxygens (including phenoxy) is 3. The van der Waals surface area contributed by atoms with Crippen LogP contribution < -0.4 is 14.8 Å². The Hall–Kier alpha value is -3.13. The largest absolute Gasteiger partial charge is 0.497 e. The van der Waals surface area contributed by atoms with Crippen LogP contribution in [0.4, 0.5) is 0 Å². The minimum atomic E-state index is -2.02. The van der Waals surface area contributed by atoms with E-state index in [1.54, 1.807) is 14.2 Å². The van der Waals surface area contributed by atoms with Gasteiger partial charge in [0.05, 0.1) is 33.5 Å².